The van der Waals surface area contributed by atoms with E-state index in [-0.39, 0.29) is 11.8 Å². The van der Waals surface area contributed by atoms with Gasteiger partial charge in [0.1, 0.15) is 11.5 Å². The van der Waals surface area contributed by atoms with Crippen molar-refractivity contribution in [3.63, 3.8) is 0 Å². The van der Waals surface area contributed by atoms with Gasteiger partial charge in [-0.2, -0.15) is 0 Å². The standard InChI is InChI=1S/C18H20N4O2/c1-10-8-14(20-11(2)19-10)16(23)21-12-6-7-13-15(9-12)22(5)17(24)18(13,3)4/h6-9H,1-5H3,(H,21,23). The van der Waals surface area contributed by atoms with E-state index in [0.29, 0.717) is 17.2 Å². The lowest BCUT2D eigenvalue weighted by atomic mass is 9.86. The van der Waals surface area contributed by atoms with Crippen LogP contribution in [0.3, 0.4) is 0 Å². The predicted molar refractivity (Wildman–Crippen MR) is 92.3 cm³/mol. The summed E-state index contributed by atoms with van der Waals surface area (Å²) in [7, 11) is 1.75. The zero-order chi connectivity index (χ0) is 17.6. The molecule has 0 radical (unpaired) electrons. The first-order chi connectivity index (χ1) is 11.2. The van der Waals surface area contributed by atoms with E-state index in [2.05, 4.69) is 15.3 Å². The smallest absolute Gasteiger partial charge is 0.274 e. The number of aromatic nitrogens is 2. The van der Waals surface area contributed by atoms with Crippen LogP contribution in [-0.2, 0) is 10.2 Å². The molecule has 1 N–H and O–H groups in total. The van der Waals surface area contributed by atoms with Crippen molar-refractivity contribution in [3.8, 4) is 0 Å². The maximum atomic E-state index is 12.4. The molecule has 1 aliphatic rings. The topological polar surface area (TPSA) is 75.2 Å². The molecule has 2 amide bonds. The normalized spacial score (nSPS) is 15.4. The SMILES string of the molecule is Cc1cc(C(=O)Nc2ccc3c(c2)N(C)C(=O)C3(C)C)nc(C)n1. The van der Waals surface area contributed by atoms with Crippen molar-refractivity contribution < 1.29 is 9.59 Å². The van der Waals surface area contributed by atoms with Gasteiger partial charge in [-0.3, -0.25) is 9.59 Å². The summed E-state index contributed by atoms with van der Waals surface area (Å²) in [6.45, 7) is 7.38. The molecule has 0 saturated carbocycles. The monoisotopic (exact) mass is 324 g/mol. The molecule has 2 heterocycles. The predicted octanol–water partition coefficient (Wildman–Crippen LogP) is 2.60. The molecule has 0 aliphatic carbocycles. The molecule has 1 aromatic carbocycles. The van der Waals surface area contributed by atoms with Crippen LogP contribution in [0.15, 0.2) is 24.3 Å². The minimum atomic E-state index is -0.548. The number of benzene rings is 1. The number of likely N-dealkylation sites (N-methyl/N-ethyl adjacent to an activating group) is 1. The third-order valence-corrected chi connectivity index (χ3v) is 4.33. The van der Waals surface area contributed by atoms with Crippen LogP contribution >= 0.6 is 0 Å². The van der Waals surface area contributed by atoms with Crippen LogP contribution in [0.2, 0.25) is 0 Å². The first kappa shape index (κ1) is 16.1. The van der Waals surface area contributed by atoms with Crippen LogP contribution in [0.5, 0.6) is 0 Å². The highest BCUT2D eigenvalue weighted by atomic mass is 16.2. The first-order valence-corrected chi connectivity index (χ1v) is 7.76. The van der Waals surface area contributed by atoms with Crippen LogP contribution in [0.1, 0.15) is 41.4 Å². The third kappa shape index (κ3) is 2.54. The summed E-state index contributed by atoms with van der Waals surface area (Å²) in [5.74, 6) is 0.305. The zero-order valence-electron chi connectivity index (χ0n) is 14.5. The fourth-order valence-electron chi connectivity index (χ4n) is 3.09. The summed E-state index contributed by atoms with van der Waals surface area (Å²) in [4.78, 5) is 34.7. The van der Waals surface area contributed by atoms with Crippen LogP contribution in [-0.4, -0.2) is 28.8 Å². The number of anilines is 2. The van der Waals surface area contributed by atoms with Gasteiger partial charge in [0.2, 0.25) is 5.91 Å². The molecule has 24 heavy (non-hydrogen) atoms. The molecule has 124 valence electrons. The van der Waals surface area contributed by atoms with Gasteiger partial charge < -0.3 is 10.2 Å². The van der Waals surface area contributed by atoms with Crippen molar-refractivity contribution in [2.24, 2.45) is 0 Å². The summed E-state index contributed by atoms with van der Waals surface area (Å²) >= 11 is 0. The number of carbonyl (C=O) groups excluding carboxylic acids is 2. The van der Waals surface area contributed by atoms with Gasteiger partial charge in [-0.25, -0.2) is 9.97 Å². The lowest BCUT2D eigenvalue weighted by Gasteiger charge is -2.16. The highest BCUT2D eigenvalue weighted by Crippen LogP contribution is 2.41. The van der Waals surface area contributed by atoms with Crippen LogP contribution in [0.25, 0.3) is 0 Å². The molecule has 0 saturated heterocycles. The molecular weight excluding hydrogens is 304 g/mol. The Morgan fingerprint density at radius 1 is 1.17 bits per heavy atom. The first-order valence-electron chi connectivity index (χ1n) is 7.76. The second kappa shape index (κ2) is 5.40. The summed E-state index contributed by atoms with van der Waals surface area (Å²) in [5.41, 5.74) is 2.93. The van der Waals surface area contributed by atoms with E-state index < -0.39 is 5.41 Å². The quantitative estimate of drug-likeness (QED) is 0.921. The van der Waals surface area contributed by atoms with E-state index in [1.165, 1.54) is 0 Å². The minimum absolute atomic E-state index is 0.0445. The number of hydrogen-bond donors (Lipinski definition) is 1. The highest BCUT2D eigenvalue weighted by Gasteiger charge is 2.42. The summed E-state index contributed by atoms with van der Waals surface area (Å²) in [5, 5.41) is 2.84. The maximum Gasteiger partial charge on any atom is 0.274 e. The molecule has 6 heteroatoms. The number of hydrogen-bond acceptors (Lipinski definition) is 4. The molecule has 1 aliphatic heterocycles. The average molecular weight is 324 g/mol. The lowest BCUT2D eigenvalue weighted by Crippen LogP contribution is -2.33. The molecule has 2 aromatic rings. The fraction of sp³-hybridized carbons (Fsp3) is 0.333. The highest BCUT2D eigenvalue weighted by molar-refractivity contribution is 6.08. The minimum Gasteiger partial charge on any atom is -0.321 e. The molecule has 0 atom stereocenters. The Hall–Kier alpha value is -2.76. The van der Waals surface area contributed by atoms with E-state index in [9.17, 15) is 9.59 Å². The van der Waals surface area contributed by atoms with Gasteiger partial charge in [-0.05, 0) is 51.5 Å². The van der Waals surface area contributed by atoms with E-state index in [4.69, 9.17) is 0 Å². The summed E-state index contributed by atoms with van der Waals surface area (Å²) in [6.07, 6.45) is 0. The Morgan fingerprint density at radius 3 is 2.54 bits per heavy atom. The number of carbonyl (C=O) groups is 2. The number of rotatable bonds is 2. The van der Waals surface area contributed by atoms with Gasteiger partial charge in [-0.1, -0.05) is 6.07 Å². The van der Waals surface area contributed by atoms with Crippen molar-refractivity contribution in [2.45, 2.75) is 33.1 Å². The Morgan fingerprint density at radius 2 is 1.88 bits per heavy atom. The van der Waals surface area contributed by atoms with Crippen molar-refractivity contribution >= 4 is 23.2 Å². The summed E-state index contributed by atoms with van der Waals surface area (Å²) < 4.78 is 0. The molecule has 0 bridgehead atoms. The average Bonchev–Trinajstić information content (AvgIpc) is 2.67. The van der Waals surface area contributed by atoms with E-state index in [0.717, 1.165) is 16.9 Å². The Balaban J connectivity index is 1.90. The third-order valence-electron chi connectivity index (χ3n) is 4.33. The van der Waals surface area contributed by atoms with E-state index >= 15 is 0 Å². The van der Waals surface area contributed by atoms with E-state index in [1.807, 2.05) is 39.0 Å². The van der Waals surface area contributed by atoms with Crippen molar-refractivity contribution in [1.29, 1.82) is 0 Å². The number of aryl methyl sites for hydroxylation is 2. The van der Waals surface area contributed by atoms with Crippen molar-refractivity contribution in [2.75, 3.05) is 17.3 Å². The molecule has 1 aromatic heterocycles. The van der Waals surface area contributed by atoms with Crippen LogP contribution < -0.4 is 10.2 Å². The van der Waals surface area contributed by atoms with Gasteiger partial charge >= 0.3 is 0 Å². The second-order valence-corrected chi connectivity index (χ2v) is 6.62. The Bertz CT molecular complexity index is 838. The van der Waals surface area contributed by atoms with Crippen molar-refractivity contribution in [3.05, 3.63) is 47.0 Å². The van der Waals surface area contributed by atoms with Gasteiger partial charge in [0.05, 0.1) is 5.41 Å². The number of amides is 2. The molecule has 0 unspecified atom stereocenters. The zero-order valence-corrected chi connectivity index (χ0v) is 14.5. The second-order valence-electron chi connectivity index (χ2n) is 6.62. The Labute approximate surface area is 140 Å². The number of fused-ring (bicyclic) bond motifs is 1. The molecular formula is C18H20N4O2. The largest absolute Gasteiger partial charge is 0.321 e. The van der Waals surface area contributed by atoms with Crippen molar-refractivity contribution in [1.82, 2.24) is 9.97 Å². The molecule has 3 rings (SSSR count). The van der Waals surface area contributed by atoms with Gasteiger partial charge in [0.15, 0.2) is 0 Å². The maximum absolute atomic E-state index is 12.4. The van der Waals surface area contributed by atoms with Gasteiger partial charge in [-0.15, -0.1) is 0 Å². The number of nitrogens with one attached hydrogen (secondary N) is 1. The number of nitrogens with zero attached hydrogens (tertiary/aromatic N) is 3. The fourth-order valence-corrected chi connectivity index (χ4v) is 3.09. The van der Waals surface area contributed by atoms with Gasteiger partial charge in [0, 0.05) is 24.1 Å². The summed E-state index contributed by atoms with van der Waals surface area (Å²) in [6, 6.07) is 7.17. The molecule has 6 nitrogen and oxygen atoms in total. The van der Waals surface area contributed by atoms with Crippen LogP contribution in [0.4, 0.5) is 11.4 Å². The van der Waals surface area contributed by atoms with E-state index in [1.54, 1.807) is 24.9 Å². The Kier molecular flexibility index (Phi) is 3.63. The van der Waals surface area contributed by atoms with Gasteiger partial charge in [0.25, 0.3) is 5.91 Å². The molecule has 0 fully saturated rings. The lowest BCUT2D eigenvalue weighted by molar-refractivity contribution is -0.121. The van der Waals surface area contributed by atoms with Crippen LogP contribution in [0, 0.1) is 13.8 Å². The molecule has 0 spiro atoms.